The van der Waals surface area contributed by atoms with E-state index in [2.05, 4.69) is 26.2 Å². The predicted molar refractivity (Wildman–Crippen MR) is 86.5 cm³/mol. The van der Waals surface area contributed by atoms with Crippen LogP contribution in [0.25, 0.3) is 0 Å². The average molecular weight is 386 g/mol. The largest absolute Gasteiger partial charge is 0.298 e. The van der Waals surface area contributed by atoms with Gasteiger partial charge >= 0.3 is 0 Å². The summed E-state index contributed by atoms with van der Waals surface area (Å²) >= 11 is 10.6. The lowest BCUT2D eigenvalue weighted by Crippen LogP contribution is -2.12. The van der Waals surface area contributed by atoms with Gasteiger partial charge in [0, 0.05) is 10.9 Å². The number of carbonyl (C=O) groups is 2. The molecule has 0 bridgehead atoms. The zero-order chi connectivity index (χ0) is 15.0. The molecule has 1 aliphatic carbocycles. The van der Waals surface area contributed by atoms with Crippen molar-refractivity contribution in [3.63, 3.8) is 0 Å². The van der Waals surface area contributed by atoms with Gasteiger partial charge in [-0.15, -0.1) is 0 Å². The van der Waals surface area contributed by atoms with Crippen molar-refractivity contribution in [1.29, 1.82) is 0 Å². The zero-order valence-corrected chi connectivity index (χ0v) is 13.9. The van der Waals surface area contributed by atoms with Gasteiger partial charge in [0.1, 0.15) is 0 Å². The topological polar surface area (TPSA) is 59.1 Å². The number of halogens is 2. The molecule has 0 atom stereocenters. The monoisotopic (exact) mass is 384 g/mol. The first-order chi connectivity index (χ1) is 10.0. The van der Waals surface area contributed by atoms with Gasteiger partial charge < -0.3 is 0 Å². The molecule has 1 aromatic carbocycles. The predicted octanol–water partition coefficient (Wildman–Crippen LogP) is 4.33. The van der Waals surface area contributed by atoms with Crippen LogP contribution in [-0.4, -0.2) is 16.7 Å². The van der Waals surface area contributed by atoms with Crippen molar-refractivity contribution in [3.8, 4) is 0 Å². The molecule has 4 nitrogen and oxygen atoms in total. The van der Waals surface area contributed by atoms with Gasteiger partial charge in [0.05, 0.1) is 21.2 Å². The summed E-state index contributed by atoms with van der Waals surface area (Å²) < 4.78 is 0.769. The Balaban J connectivity index is 1.85. The number of fused-ring (bicyclic) bond motifs is 1. The summed E-state index contributed by atoms with van der Waals surface area (Å²) in [6.45, 7) is 0. The van der Waals surface area contributed by atoms with Gasteiger partial charge in [-0.2, -0.15) is 0 Å². The normalized spacial score (nSPS) is 13.9. The van der Waals surface area contributed by atoms with Gasteiger partial charge in [-0.25, -0.2) is 4.98 Å². The lowest BCUT2D eigenvalue weighted by atomic mass is 10.0. The van der Waals surface area contributed by atoms with E-state index in [1.807, 2.05) is 0 Å². The number of aryl methyl sites for hydroxylation is 1. The number of thiazole rings is 1. The summed E-state index contributed by atoms with van der Waals surface area (Å²) in [7, 11) is 0. The van der Waals surface area contributed by atoms with Gasteiger partial charge in [-0.05, 0) is 31.0 Å². The SMILES string of the molecule is O=C(Nc1nc2c(s1)C(=O)CCC2)c1cc(Br)ccc1Cl. The Bertz CT molecular complexity index is 745. The Labute approximate surface area is 138 Å². The van der Waals surface area contributed by atoms with E-state index in [9.17, 15) is 9.59 Å². The van der Waals surface area contributed by atoms with Gasteiger partial charge in [0.2, 0.25) is 0 Å². The summed E-state index contributed by atoms with van der Waals surface area (Å²) in [6.07, 6.45) is 2.16. The third-order valence-corrected chi connectivity index (χ3v) is 5.04. The molecule has 21 heavy (non-hydrogen) atoms. The minimum Gasteiger partial charge on any atom is -0.298 e. The molecule has 1 aromatic heterocycles. The molecule has 1 amide bonds. The highest BCUT2D eigenvalue weighted by Gasteiger charge is 2.23. The van der Waals surface area contributed by atoms with Crippen molar-refractivity contribution in [1.82, 2.24) is 4.98 Å². The van der Waals surface area contributed by atoms with Crippen LogP contribution >= 0.6 is 38.9 Å². The molecule has 0 radical (unpaired) electrons. The first-order valence-electron chi connectivity index (χ1n) is 6.34. The maximum atomic E-state index is 12.2. The fourth-order valence-corrected chi connectivity index (χ4v) is 3.70. The van der Waals surface area contributed by atoms with E-state index in [1.165, 1.54) is 11.3 Å². The summed E-state index contributed by atoms with van der Waals surface area (Å²) in [4.78, 5) is 29.0. The number of carbonyl (C=O) groups excluding carboxylic acids is 2. The van der Waals surface area contributed by atoms with Gasteiger partial charge in [0.15, 0.2) is 10.9 Å². The van der Waals surface area contributed by atoms with Crippen LogP contribution < -0.4 is 5.32 Å². The van der Waals surface area contributed by atoms with Crippen molar-refractivity contribution < 1.29 is 9.59 Å². The van der Waals surface area contributed by atoms with Gasteiger partial charge in [0.25, 0.3) is 5.91 Å². The van der Waals surface area contributed by atoms with Crippen LogP contribution in [0.5, 0.6) is 0 Å². The zero-order valence-electron chi connectivity index (χ0n) is 10.8. The fourth-order valence-electron chi connectivity index (χ4n) is 2.16. The van der Waals surface area contributed by atoms with Crippen LogP contribution in [0.4, 0.5) is 5.13 Å². The Kier molecular flexibility index (Phi) is 4.10. The first kappa shape index (κ1) is 14.7. The molecular formula is C14H10BrClN2O2S. The summed E-state index contributed by atoms with van der Waals surface area (Å²) in [5.41, 5.74) is 1.15. The molecule has 7 heteroatoms. The lowest BCUT2D eigenvalue weighted by molar-refractivity contribution is 0.0975. The van der Waals surface area contributed by atoms with E-state index in [1.54, 1.807) is 18.2 Å². The number of hydrogen-bond donors (Lipinski definition) is 1. The second kappa shape index (κ2) is 5.87. The molecule has 0 aliphatic heterocycles. The van der Waals surface area contributed by atoms with Crippen LogP contribution in [0.3, 0.4) is 0 Å². The number of rotatable bonds is 2. The Hall–Kier alpha value is -1.24. The number of hydrogen-bond acceptors (Lipinski definition) is 4. The molecule has 108 valence electrons. The average Bonchev–Trinajstić information content (AvgIpc) is 2.85. The standard InChI is InChI=1S/C14H10BrClN2O2S/c15-7-4-5-9(16)8(6-7)13(20)18-14-17-10-2-1-3-11(19)12(10)21-14/h4-6H,1-3H2,(H,17,18,20). The number of aromatic nitrogens is 1. The Morgan fingerprint density at radius 2 is 2.19 bits per heavy atom. The molecule has 2 aromatic rings. The van der Waals surface area contributed by atoms with Crippen molar-refractivity contribution in [3.05, 3.63) is 43.8 Å². The van der Waals surface area contributed by atoms with Crippen LogP contribution in [-0.2, 0) is 6.42 Å². The van der Waals surface area contributed by atoms with Crippen LogP contribution in [0.1, 0.15) is 38.6 Å². The summed E-state index contributed by atoms with van der Waals surface area (Å²) in [6, 6.07) is 5.06. The van der Waals surface area contributed by atoms with E-state index < -0.39 is 0 Å². The van der Waals surface area contributed by atoms with Gasteiger partial charge in [-0.1, -0.05) is 38.9 Å². The number of nitrogens with zero attached hydrogens (tertiary/aromatic N) is 1. The first-order valence-corrected chi connectivity index (χ1v) is 8.32. The number of amides is 1. The number of nitrogens with one attached hydrogen (secondary N) is 1. The molecule has 0 unspecified atom stereocenters. The third-order valence-electron chi connectivity index (χ3n) is 3.16. The Morgan fingerprint density at radius 3 is 2.95 bits per heavy atom. The van der Waals surface area contributed by atoms with Crippen LogP contribution in [0, 0.1) is 0 Å². The highest BCUT2D eigenvalue weighted by atomic mass is 79.9. The van der Waals surface area contributed by atoms with Crippen LogP contribution in [0.2, 0.25) is 5.02 Å². The lowest BCUT2D eigenvalue weighted by Gasteiger charge is -2.05. The molecule has 0 spiro atoms. The minimum absolute atomic E-state index is 0.106. The highest BCUT2D eigenvalue weighted by Crippen LogP contribution is 2.30. The molecule has 0 saturated heterocycles. The quantitative estimate of drug-likeness (QED) is 0.837. The van der Waals surface area contributed by atoms with Gasteiger partial charge in [-0.3, -0.25) is 14.9 Å². The molecule has 1 aliphatic rings. The van der Waals surface area contributed by atoms with E-state index in [-0.39, 0.29) is 11.7 Å². The minimum atomic E-state index is -0.333. The molecule has 0 saturated carbocycles. The number of ketones is 1. The van der Waals surface area contributed by atoms with E-state index in [0.29, 0.717) is 27.0 Å². The number of benzene rings is 1. The highest BCUT2D eigenvalue weighted by molar-refractivity contribution is 9.10. The number of Topliss-reactive ketones (excluding diaryl/α,β-unsaturated/α-hetero) is 1. The smallest absolute Gasteiger partial charge is 0.258 e. The second-order valence-electron chi connectivity index (χ2n) is 4.65. The van der Waals surface area contributed by atoms with Crippen molar-refractivity contribution in [2.24, 2.45) is 0 Å². The molecular weight excluding hydrogens is 376 g/mol. The van der Waals surface area contributed by atoms with Crippen molar-refractivity contribution in [2.45, 2.75) is 19.3 Å². The second-order valence-corrected chi connectivity index (χ2v) is 6.97. The molecule has 3 rings (SSSR count). The summed E-state index contributed by atoms with van der Waals surface area (Å²) in [5, 5.41) is 3.52. The molecule has 0 fully saturated rings. The molecule has 1 N–H and O–H groups in total. The van der Waals surface area contributed by atoms with Crippen molar-refractivity contribution in [2.75, 3.05) is 5.32 Å². The number of anilines is 1. The van der Waals surface area contributed by atoms with E-state index in [4.69, 9.17) is 11.6 Å². The maximum absolute atomic E-state index is 12.2. The maximum Gasteiger partial charge on any atom is 0.258 e. The van der Waals surface area contributed by atoms with Crippen molar-refractivity contribution >= 4 is 55.7 Å². The van der Waals surface area contributed by atoms with Crippen LogP contribution in [0.15, 0.2) is 22.7 Å². The molecule has 1 heterocycles. The summed E-state index contributed by atoms with van der Waals surface area (Å²) in [5.74, 6) is -0.227. The van der Waals surface area contributed by atoms with E-state index >= 15 is 0 Å². The third kappa shape index (κ3) is 3.02. The Morgan fingerprint density at radius 1 is 1.38 bits per heavy atom. The fraction of sp³-hybridized carbons (Fsp3) is 0.214. The van der Waals surface area contributed by atoms with E-state index in [0.717, 1.165) is 23.0 Å².